The van der Waals surface area contributed by atoms with Crippen LogP contribution >= 0.6 is 0 Å². The molecule has 2 aromatic rings. The minimum atomic E-state index is 0.178. The van der Waals surface area contributed by atoms with Gasteiger partial charge in [-0.2, -0.15) is 0 Å². The van der Waals surface area contributed by atoms with Gasteiger partial charge in [0.1, 0.15) is 5.75 Å². The van der Waals surface area contributed by atoms with Gasteiger partial charge < -0.3 is 20.3 Å². The van der Waals surface area contributed by atoms with Gasteiger partial charge >= 0.3 is 0 Å². The number of nitrogens with zero attached hydrogens (tertiary/aromatic N) is 1. The quantitative estimate of drug-likeness (QED) is 0.739. The fourth-order valence-corrected chi connectivity index (χ4v) is 5.49. The first-order valence-corrected chi connectivity index (χ1v) is 11.6. The van der Waals surface area contributed by atoms with Crippen molar-refractivity contribution in [2.24, 2.45) is 5.92 Å². The Labute approximate surface area is 185 Å². The number of anilines is 1. The van der Waals surface area contributed by atoms with Crippen LogP contribution in [0.15, 0.2) is 42.5 Å². The first-order chi connectivity index (χ1) is 15.1. The van der Waals surface area contributed by atoms with Gasteiger partial charge in [0.15, 0.2) is 0 Å². The number of fused-ring (bicyclic) bond motifs is 3. The molecule has 5 atom stereocenters. The predicted octanol–water partition coefficient (Wildman–Crippen LogP) is 4.14. The zero-order valence-electron chi connectivity index (χ0n) is 18.7. The Kier molecular flexibility index (Phi) is 5.49. The van der Waals surface area contributed by atoms with Crippen molar-refractivity contribution < 1.29 is 9.53 Å². The van der Waals surface area contributed by atoms with Crippen molar-refractivity contribution in [2.45, 2.75) is 63.2 Å². The van der Waals surface area contributed by atoms with E-state index in [1.165, 1.54) is 17.5 Å². The fraction of sp³-hybridized carbons (Fsp3) is 0.500. The normalized spacial score (nSPS) is 29.3. The van der Waals surface area contributed by atoms with Crippen LogP contribution in [0.25, 0.3) is 0 Å². The Hall–Kier alpha value is -2.37. The minimum Gasteiger partial charge on any atom is -0.496 e. The molecule has 1 aliphatic carbocycles. The number of methoxy groups -OCH3 is 1. The highest BCUT2D eigenvalue weighted by atomic mass is 16.5. The number of carbonyl (C=O) groups is 1. The maximum atomic E-state index is 12.5. The molecule has 1 amide bonds. The zero-order chi connectivity index (χ0) is 21.5. The summed E-state index contributed by atoms with van der Waals surface area (Å²) in [5.74, 6) is 1.74. The van der Waals surface area contributed by atoms with Crippen molar-refractivity contribution in [3.8, 4) is 5.75 Å². The van der Waals surface area contributed by atoms with E-state index in [1.54, 1.807) is 7.11 Å². The molecule has 3 aliphatic rings. The molecular formula is C26H33N3O2. The molecule has 2 heterocycles. The van der Waals surface area contributed by atoms with Gasteiger partial charge in [0.05, 0.1) is 7.11 Å². The molecule has 5 rings (SSSR count). The Morgan fingerprint density at radius 2 is 1.97 bits per heavy atom. The second kappa shape index (κ2) is 8.29. The van der Waals surface area contributed by atoms with Crippen LogP contribution in [0.3, 0.4) is 0 Å². The molecule has 2 aromatic carbocycles. The van der Waals surface area contributed by atoms with Crippen LogP contribution in [0.5, 0.6) is 5.75 Å². The average molecular weight is 420 g/mol. The summed E-state index contributed by atoms with van der Waals surface area (Å²) in [5, 5.41) is 7.68. The summed E-state index contributed by atoms with van der Waals surface area (Å²) < 4.78 is 5.77. The van der Waals surface area contributed by atoms with Gasteiger partial charge in [0.2, 0.25) is 5.91 Å². The van der Waals surface area contributed by atoms with Gasteiger partial charge in [-0.15, -0.1) is 0 Å². The van der Waals surface area contributed by atoms with Crippen molar-refractivity contribution >= 4 is 11.6 Å². The molecule has 2 N–H and O–H groups in total. The van der Waals surface area contributed by atoms with E-state index in [9.17, 15) is 4.79 Å². The Bertz CT molecular complexity index is 961. The fourth-order valence-electron chi connectivity index (χ4n) is 5.49. The lowest BCUT2D eigenvalue weighted by Crippen LogP contribution is -2.49. The van der Waals surface area contributed by atoms with Gasteiger partial charge in [-0.1, -0.05) is 37.3 Å². The summed E-state index contributed by atoms with van der Waals surface area (Å²) in [5.41, 5.74) is 4.76. The molecule has 5 nitrogen and oxygen atoms in total. The van der Waals surface area contributed by atoms with E-state index in [0.29, 0.717) is 24.0 Å². The molecular weight excluding hydrogens is 386 g/mol. The third-order valence-electron chi connectivity index (χ3n) is 7.48. The topological polar surface area (TPSA) is 53.6 Å². The highest BCUT2D eigenvalue weighted by Gasteiger charge is 2.50. The molecule has 2 unspecified atom stereocenters. The first kappa shape index (κ1) is 20.5. The second-order valence-corrected chi connectivity index (χ2v) is 9.29. The molecule has 2 aliphatic heterocycles. The standard InChI is InChI=1S/C26H33N3O2/c1-4-18-10-11-22(25(28-18)16-8-6-5-7-9-16)27-15-17-12-23-20(14-24(17)31-3)19-13-21(19)26(30)29(23)2/h5-9,12,14,18-19,21-22,25,27-28H,4,10-11,13,15H2,1-3H3/t18-,19?,21?,22-,25-/m0/s1. The number of benzene rings is 2. The van der Waals surface area contributed by atoms with E-state index in [4.69, 9.17) is 4.74 Å². The number of carbonyl (C=O) groups excluding carboxylic acids is 1. The number of rotatable bonds is 6. The highest BCUT2D eigenvalue weighted by molar-refractivity contribution is 6.01. The summed E-state index contributed by atoms with van der Waals surface area (Å²) in [4.78, 5) is 14.4. The van der Waals surface area contributed by atoms with E-state index >= 15 is 0 Å². The van der Waals surface area contributed by atoms with Crippen molar-refractivity contribution in [1.29, 1.82) is 0 Å². The Morgan fingerprint density at radius 1 is 1.16 bits per heavy atom. The number of hydrogen-bond acceptors (Lipinski definition) is 4. The zero-order valence-corrected chi connectivity index (χ0v) is 18.7. The largest absolute Gasteiger partial charge is 0.496 e. The third kappa shape index (κ3) is 3.74. The number of piperidine rings is 1. The van der Waals surface area contributed by atoms with Crippen LogP contribution in [0.1, 0.15) is 61.3 Å². The molecule has 1 saturated carbocycles. The SMILES string of the molecule is CC[C@H]1CC[C@H](NCc2cc3c(cc2OC)C2CC2C(=O)N3C)[C@H](c2ccccc2)N1. The summed E-state index contributed by atoms with van der Waals surface area (Å²) in [7, 11) is 3.65. The number of amides is 1. The smallest absolute Gasteiger partial charge is 0.230 e. The van der Waals surface area contributed by atoms with Gasteiger partial charge in [-0.05, 0) is 54.9 Å². The number of ether oxygens (including phenoxy) is 1. The van der Waals surface area contributed by atoms with Crippen LogP contribution in [0.2, 0.25) is 0 Å². The van der Waals surface area contributed by atoms with Crippen molar-refractivity contribution in [1.82, 2.24) is 10.6 Å². The van der Waals surface area contributed by atoms with Gasteiger partial charge in [0.25, 0.3) is 0 Å². The Morgan fingerprint density at radius 3 is 2.71 bits per heavy atom. The summed E-state index contributed by atoms with van der Waals surface area (Å²) in [6, 6.07) is 16.3. The van der Waals surface area contributed by atoms with Gasteiger partial charge in [-0.3, -0.25) is 4.79 Å². The van der Waals surface area contributed by atoms with Crippen LogP contribution in [0, 0.1) is 5.92 Å². The maximum Gasteiger partial charge on any atom is 0.230 e. The van der Waals surface area contributed by atoms with Crippen LogP contribution in [0.4, 0.5) is 5.69 Å². The van der Waals surface area contributed by atoms with Gasteiger partial charge in [0, 0.05) is 48.9 Å². The molecule has 0 spiro atoms. The number of hydrogen-bond donors (Lipinski definition) is 2. The predicted molar refractivity (Wildman–Crippen MR) is 124 cm³/mol. The molecule has 164 valence electrons. The van der Waals surface area contributed by atoms with E-state index in [0.717, 1.165) is 42.8 Å². The second-order valence-electron chi connectivity index (χ2n) is 9.29. The average Bonchev–Trinajstić information content (AvgIpc) is 3.62. The molecule has 0 aromatic heterocycles. The summed E-state index contributed by atoms with van der Waals surface area (Å²) in [6.45, 7) is 2.98. The summed E-state index contributed by atoms with van der Waals surface area (Å²) in [6.07, 6.45) is 4.44. The molecule has 2 fully saturated rings. The lowest BCUT2D eigenvalue weighted by molar-refractivity contribution is -0.119. The van der Waals surface area contributed by atoms with E-state index in [1.807, 2.05) is 11.9 Å². The molecule has 5 heteroatoms. The van der Waals surface area contributed by atoms with Gasteiger partial charge in [-0.25, -0.2) is 0 Å². The lowest BCUT2D eigenvalue weighted by Gasteiger charge is -2.38. The monoisotopic (exact) mass is 419 g/mol. The van der Waals surface area contributed by atoms with Crippen LogP contribution in [-0.4, -0.2) is 32.1 Å². The van der Waals surface area contributed by atoms with E-state index in [-0.39, 0.29) is 11.8 Å². The van der Waals surface area contributed by atoms with E-state index in [2.05, 4.69) is 60.0 Å². The lowest BCUT2D eigenvalue weighted by atomic mass is 9.88. The summed E-state index contributed by atoms with van der Waals surface area (Å²) >= 11 is 0. The molecule has 0 bridgehead atoms. The molecule has 31 heavy (non-hydrogen) atoms. The third-order valence-corrected chi connectivity index (χ3v) is 7.48. The minimum absolute atomic E-state index is 0.178. The number of nitrogens with one attached hydrogen (secondary N) is 2. The molecule has 1 saturated heterocycles. The van der Waals surface area contributed by atoms with E-state index < -0.39 is 0 Å². The molecule has 0 radical (unpaired) electrons. The highest BCUT2D eigenvalue weighted by Crippen LogP contribution is 2.56. The Balaban J connectivity index is 1.38. The van der Waals surface area contributed by atoms with Crippen molar-refractivity contribution in [3.05, 3.63) is 59.2 Å². The van der Waals surface area contributed by atoms with Crippen molar-refractivity contribution in [2.75, 3.05) is 19.1 Å². The van der Waals surface area contributed by atoms with Crippen LogP contribution in [-0.2, 0) is 11.3 Å². The van der Waals surface area contributed by atoms with Crippen LogP contribution < -0.4 is 20.3 Å². The van der Waals surface area contributed by atoms with Crippen molar-refractivity contribution in [3.63, 3.8) is 0 Å². The maximum absolute atomic E-state index is 12.5. The first-order valence-electron chi connectivity index (χ1n) is 11.6.